The van der Waals surface area contributed by atoms with Crippen molar-refractivity contribution in [2.24, 2.45) is 0 Å². The van der Waals surface area contributed by atoms with Crippen molar-refractivity contribution in [3.8, 4) is 0 Å². The summed E-state index contributed by atoms with van der Waals surface area (Å²) in [5, 5.41) is 2.40. The molecule has 2 rings (SSSR count). The fourth-order valence-corrected chi connectivity index (χ4v) is 3.50. The number of sulfonamides is 1. The van der Waals surface area contributed by atoms with Gasteiger partial charge in [-0.2, -0.15) is 0 Å². The highest BCUT2D eigenvalue weighted by Gasteiger charge is 2.18. The third kappa shape index (κ3) is 8.36. The van der Waals surface area contributed by atoms with Crippen molar-refractivity contribution < 1.29 is 32.2 Å². The topological polar surface area (TPSA) is 120 Å². The Balaban J connectivity index is 1.87. The highest BCUT2D eigenvalue weighted by Crippen LogP contribution is 2.13. The monoisotopic (exact) mass is 450 g/mol. The van der Waals surface area contributed by atoms with Gasteiger partial charge in [-0.15, -0.1) is 0 Å². The standard InChI is InChI=1S/C21H26N2O7S/c1-3-28-10-11-29-12-13-30-20(24)17-7-5-8-18(15-17)22-21(25)23-31(26,27)19-9-4-6-16(2)14-19/h4-9,14-15H,3,10-13H2,1-2H3,(H2,22,23,25). The van der Waals surface area contributed by atoms with E-state index in [0.29, 0.717) is 19.8 Å². The summed E-state index contributed by atoms with van der Waals surface area (Å²) in [5.41, 5.74) is 1.18. The van der Waals surface area contributed by atoms with Gasteiger partial charge >= 0.3 is 12.0 Å². The van der Waals surface area contributed by atoms with E-state index in [1.165, 1.54) is 30.3 Å². The van der Waals surface area contributed by atoms with Crippen LogP contribution in [0.15, 0.2) is 53.4 Å². The molecule has 0 heterocycles. The van der Waals surface area contributed by atoms with Crippen molar-refractivity contribution >= 4 is 27.7 Å². The SMILES string of the molecule is CCOCCOCCOC(=O)c1cccc(NC(=O)NS(=O)(=O)c2cccc(C)c2)c1. The number of carbonyl (C=O) groups excluding carboxylic acids is 2. The number of esters is 1. The third-order valence-corrected chi connectivity index (χ3v) is 5.25. The van der Waals surface area contributed by atoms with Gasteiger partial charge in [0.2, 0.25) is 0 Å². The van der Waals surface area contributed by atoms with Crippen LogP contribution in [-0.4, -0.2) is 53.5 Å². The molecule has 0 aliphatic rings. The van der Waals surface area contributed by atoms with Gasteiger partial charge in [0.15, 0.2) is 0 Å². The lowest BCUT2D eigenvalue weighted by molar-refractivity contribution is 0.0164. The normalized spacial score (nSPS) is 11.0. The molecule has 168 valence electrons. The van der Waals surface area contributed by atoms with E-state index in [9.17, 15) is 18.0 Å². The van der Waals surface area contributed by atoms with Gasteiger partial charge in [-0.05, 0) is 49.7 Å². The van der Waals surface area contributed by atoms with Crippen LogP contribution >= 0.6 is 0 Å². The van der Waals surface area contributed by atoms with Crippen LogP contribution in [0.4, 0.5) is 10.5 Å². The number of anilines is 1. The number of ether oxygens (including phenoxy) is 3. The van der Waals surface area contributed by atoms with Crippen molar-refractivity contribution in [1.29, 1.82) is 0 Å². The number of nitrogens with one attached hydrogen (secondary N) is 2. The maximum Gasteiger partial charge on any atom is 0.338 e. The molecule has 0 atom stereocenters. The lowest BCUT2D eigenvalue weighted by Gasteiger charge is -2.10. The van der Waals surface area contributed by atoms with E-state index >= 15 is 0 Å². The Morgan fingerprint density at radius 1 is 0.935 bits per heavy atom. The van der Waals surface area contributed by atoms with Crippen molar-refractivity contribution in [3.63, 3.8) is 0 Å². The second-order valence-electron chi connectivity index (χ2n) is 6.40. The first-order valence-electron chi connectivity index (χ1n) is 9.65. The summed E-state index contributed by atoms with van der Waals surface area (Å²) in [6.07, 6.45) is 0. The molecule has 0 aliphatic heterocycles. The number of aryl methyl sites for hydroxylation is 1. The highest BCUT2D eigenvalue weighted by molar-refractivity contribution is 7.90. The van der Waals surface area contributed by atoms with E-state index in [2.05, 4.69) is 5.32 Å². The van der Waals surface area contributed by atoms with Crippen LogP contribution in [0.25, 0.3) is 0 Å². The molecular weight excluding hydrogens is 424 g/mol. The van der Waals surface area contributed by atoms with E-state index in [1.54, 1.807) is 25.1 Å². The molecule has 2 aromatic rings. The van der Waals surface area contributed by atoms with Gasteiger partial charge < -0.3 is 19.5 Å². The Kier molecular flexibility index (Phi) is 9.44. The van der Waals surface area contributed by atoms with E-state index in [-0.39, 0.29) is 29.4 Å². The van der Waals surface area contributed by atoms with Gasteiger partial charge in [-0.1, -0.05) is 18.2 Å². The van der Waals surface area contributed by atoms with E-state index in [4.69, 9.17) is 14.2 Å². The number of carbonyl (C=O) groups is 2. The Morgan fingerprint density at radius 3 is 2.39 bits per heavy atom. The molecule has 0 saturated heterocycles. The minimum absolute atomic E-state index is 0.0246. The Labute approximate surface area is 181 Å². The van der Waals surface area contributed by atoms with Crippen LogP contribution in [-0.2, 0) is 24.2 Å². The van der Waals surface area contributed by atoms with Gasteiger partial charge in [-0.25, -0.2) is 22.7 Å². The molecule has 0 radical (unpaired) electrons. The van der Waals surface area contributed by atoms with Gasteiger partial charge in [-0.3, -0.25) is 0 Å². The average Bonchev–Trinajstić information content (AvgIpc) is 2.72. The zero-order valence-electron chi connectivity index (χ0n) is 17.4. The fourth-order valence-electron chi connectivity index (χ4n) is 2.48. The van der Waals surface area contributed by atoms with Crippen molar-refractivity contribution in [3.05, 3.63) is 59.7 Å². The number of rotatable bonds is 11. The van der Waals surface area contributed by atoms with Gasteiger partial charge in [0.05, 0.1) is 30.3 Å². The molecule has 0 aromatic heterocycles. The molecular formula is C21H26N2O7S. The zero-order chi connectivity index (χ0) is 22.7. The molecule has 2 aromatic carbocycles. The summed E-state index contributed by atoms with van der Waals surface area (Å²) in [5.74, 6) is -0.593. The minimum Gasteiger partial charge on any atom is -0.460 e. The van der Waals surface area contributed by atoms with Crippen molar-refractivity contribution in [1.82, 2.24) is 4.72 Å². The molecule has 2 N–H and O–H groups in total. The van der Waals surface area contributed by atoms with Crippen LogP contribution in [0.3, 0.4) is 0 Å². The third-order valence-electron chi connectivity index (χ3n) is 3.92. The maximum atomic E-state index is 12.3. The lowest BCUT2D eigenvalue weighted by atomic mass is 10.2. The minimum atomic E-state index is -4.03. The van der Waals surface area contributed by atoms with Crippen LogP contribution < -0.4 is 10.0 Å². The number of hydrogen-bond donors (Lipinski definition) is 2. The molecule has 9 nitrogen and oxygen atoms in total. The van der Waals surface area contributed by atoms with Gasteiger partial charge in [0, 0.05) is 12.3 Å². The number of hydrogen-bond acceptors (Lipinski definition) is 7. The number of amides is 2. The maximum absolute atomic E-state index is 12.3. The van der Waals surface area contributed by atoms with Gasteiger partial charge in [0.25, 0.3) is 10.0 Å². The average molecular weight is 451 g/mol. The summed E-state index contributed by atoms with van der Waals surface area (Å²) in [4.78, 5) is 24.3. The molecule has 10 heteroatoms. The quantitative estimate of drug-likeness (QED) is 0.399. The first-order chi connectivity index (χ1) is 14.8. The van der Waals surface area contributed by atoms with Crippen LogP contribution in [0.2, 0.25) is 0 Å². The summed E-state index contributed by atoms with van der Waals surface area (Å²) >= 11 is 0. The Hall–Kier alpha value is -2.95. The molecule has 31 heavy (non-hydrogen) atoms. The van der Waals surface area contributed by atoms with Crippen LogP contribution in [0.5, 0.6) is 0 Å². The molecule has 0 fully saturated rings. The summed E-state index contributed by atoms with van der Waals surface area (Å²) in [6, 6.07) is 11.2. The zero-order valence-corrected chi connectivity index (χ0v) is 18.2. The van der Waals surface area contributed by atoms with Gasteiger partial charge in [0.1, 0.15) is 6.61 Å². The molecule has 0 spiro atoms. The summed E-state index contributed by atoms with van der Waals surface area (Å²) in [7, 11) is -4.03. The first kappa shape index (κ1) is 24.3. The summed E-state index contributed by atoms with van der Waals surface area (Å²) < 4.78 is 42.1. The largest absolute Gasteiger partial charge is 0.460 e. The van der Waals surface area contributed by atoms with E-state index in [0.717, 1.165) is 5.56 Å². The Morgan fingerprint density at radius 2 is 1.65 bits per heavy atom. The van der Waals surface area contributed by atoms with E-state index in [1.807, 2.05) is 11.6 Å². The number of urea groups is 1. The van der Waals surface area contributed by atoms with Crippen molar-refractivity contribution in [2.75, 3.05) is 38.4 Å². The highest BCUT2D eigenvalue weighted by atomic mass is 32.2. The predicted molar refractivity (Wildman–Crippen MR) is 115 cm³/mol. The lowest BCUT2D eigenvalue weighted by Crippen LogP contribution is -2.34. The molecule has 0 saturated carbocycles. The summed E-state index contributed by atoms with van der Waals surface area (Å²) in [6.45, 7) is 5.42. The molecule has 0 unspecified atom stereocenters. The fraction of sp³-hybridized carbons (Fsp3) is 0.333. The second-order valence-corrected chi connectivity index (χ2v) is 8.08. The molecule has 2 amide bonds. The molecule has 0 aliphatic carbocycles. The second kappa shape index (κ2) is 12.0. The van der Waals surface area contributed by atoms with Crippen LogP contribution in [0, 0.1) is 6.92 Å². The Bertz CT molecular complexity index is 993. The van der Waals surface area contributed by atoms with Crippen LogP contribution in [0.1, 0.15) is 22.8 Å². The number of benzene rings is 2. The molecule has 0 bridgehead atoms. The van der Waals surface area contributed by atoms with Crippen molar-refractivity contribution in [2.45, 2.75) is 18.7 Å². The smallest absolute Gasteiger partial charge is 0.338 e. The predicted octanol–water partition coefficient (Wildman–Crippen LogP) is 2.72. The first-order valence-corrected chi connectivity index (χ1v) is 11.1. The van der Waals surface area contributed by atoms with E-state index < -0.39 is 22.0 Å².